The van der Waals surface area contributed by atoms with Crippen LogP contribution in [0.5, 0.6) is 5.75 Å². The Morgan fingerprint density at radius 2 is 1.78 bits per heavy atom. The van der Waals surface area contributed by atoms with Crippen LogP contribution in [0.2, 0.25) is 18.1 Å². The van der Waals surface area contributed by atoms with E-state index in [4.69, 9.17) is 9.16 Å². The van der Waals surface area contributed by atoms with Gasteiger partial charge in [-0.3, -0.25) is 4.79 Å². The Hall–Kier alpha value is -1.33. The molecule has 1 fully saturated rings. The molecular weight excluding hydrogens is 306 g/mol. The molecule has 1 aromatic rings. The van der Waals surface area contributed by atoms with E-state index in [1.54, 1.807) is 7.11 Å². The standard InChI is InChI=1S/C18H29NO3Si/c1-13(22-23(6,7)18(2,3)4)16-12-17(20)19(16)14-8-10-15(21-5)11-9-14/h8-11,13,16H,12H2,1-7H3/t13-,16+/m0/s1. The molecule has 0 unspecified atom stereocenters. The molecule has 0 aliphatic carbocycles. The number of carbonyl (C=O) groups excluding carboxylic acids is 1. The van der Waals surface area contributed by atoms with E-state index < -0.39 is 8.32 Å². The molecule has 128 valence electrons. The van der Waals surface area contributed by atoms with Crippen molar-refractivity contribution in [2.45, 2.75) is 64.4 Å². The Kier molecular flexibility index (Phi) is 4.92. The number of anilines is 1. The second-order valence-electron chi connectivity index (χ2n) is 7.82. The van der Waals surface area contributed by atoms with Crippen molar-refractivity contribution in [2.24, 2.45) is 0 Å². The molecule has 23 heavy (non-hydrogen) atoms. The molecule has 4 nitrogen and oxygen atoms in total. The first-order valence-electron chi connectivity index (χ1n) is 8.21. The number of amides is 1. The van der Waals surface area contributed by atoms with Crippen LogP contribution in [-0.2, 0) is 9.22 Å². The van der Waals surface area contributed by atoms with E-state index in [1.165, 1.54) is 0 Å². The van der Waals surface area contributed by atoms with Gasteiger partial charge >= 0.3 is 0 Å². The number of benzene rings is 1. The second-order valence-corrected chi connectivity index (χ2v) is 12.6. The van der Waals surface area contributed by atoms with Crippen LogP contribution in [0.25, 0.3) is 0 Å². The molecule has 1 aliphatic rings. The SMILES string of the molecule is COc1ccc(N2C(=O)C[C@@H]2[C@H](C)O[Si](C)(C)C(C)(C)C)cc1. The molecule has 0 spiro atoms. The maximum atomic E-state index is 12.1. The molecule has 1 amide bonds. The molecule has 2 rings (SSSR count). The van der Waals surface area contributed by atoms with Gasteiger partial charge in [0.2, 0.25) is 5.91 Å². The first kappa shape index (κ1) is 18.0. The maximum Gasteiger partial charge on any atom is 0.229 e. The van der Waals surface area contributed by atoms with Gasteiger partial charge in [0, 0.05) is 5.69 Å². The monoisotopic (exact) mass is 335 g/mol. The number of rotatable bonds is 5. The van der Waals surface area contributed by atoms with Crippen molar-refractivity contribution in [1.29, 1.82) is 0 Å². The molecular formula is C18H29NO3Si. The van der Waals surface area contributed by atoms with Crippen LogP contribution >= 0.6 is 0 Å². The maximum absolute atomic E-state index is 12.1. The number of hydrogen-bond acceptors (Lipinski definition) is 3. The van der Waals surface area contributed by atoms with E-state index in [-0.39, 0.29) is 23.1 Å². The van der Waals surface area contributed by atoms with Crippen molar-refractivity contribution in [3.8, 4) is 5.75 Å². The molecule has 1 aromatic carbocycles. The highest BCUT2D eigenvalue weighted by Gasteiger charge is 2.45. The first-order valence-corrected chi connectivity index (χ1v) is 11.1. The molecule has 5 heteroatoms. The van der Waals surface area contributed by atoms with E-state index in [1.807, 2.05) is 29.2 Å². The molecule has 1 saturated heterocycles. The Bertz CT molecular complexity index is 563. The zero-order valence-electron chi connectivity index (χ0n) is 15.3. The minimum absolute atomic E-state index is 0.0377. The van der Waals surface area contributed by atoms with Gasteiger partial charge in [0.05, 0.1) is 25.7 Å². The molecule has 1 aliphatic heterocycles. The lowest BCUT2D eigenvalue weighted by Crippen LogP contribution is -2.60. The third-order valence-electron chi connectivity index (χ3n) is 5.16. The van der Waals surface area contributed by atoms with Gasteiger partial charge in [-0.1, -0.05) is 20.8 Å². The summed E-state index contributed by atoms with van der Waals surface area (Å²) in [5.74, 6) is 0.953. The van der Waals surface area contributed by atoms with E-state index in [0.717, 1.165) is 11.4 Å². The van der Waals surface area contributed by atoms with Crippen LogP contribution in [0.1, 0.15) is 34.1 Å². The lowest BCUT2D eigenvalue weighted by Gasteiger charge is -2.47. The summed E-state index contributed by atoms with van der Waals surface area (Å²) in [4.78, 5) is 14.0. The average molecular weight is 336 g/mol. The van der Waals surface area contributed by atoms with Crippen LogP contribution in [-0.4, -0.2) is 33.5 Å². The number of nitrogens with zero attached hydrogens (tertiary/aromatic N) is 1. The summed E-state index contributed by atoms with van der Waals surface area (Å²) < 4.78 is 11.7. The highest BCUT2D eigenvalue weighted by molar-refractivity contribution is 6.74. The third kappa shape index (κ3) is 3.61. The van der Waals surface area contributed by atoms with Gasteiger partial charge in [0.25, 0.3) is 0 Å². The predicted octanol–water partition coefficient (Wildman–Crippen LogP) is 4.21. The number of hydrogen-bond donors (Lipinski definition) is 0. The average Bonchev–Trinajstić information content (AvgIpc) is 2.43. The summed E-state index contributed by atoms with van der Waals surface area (Å²) in [7, 11) is -0.198. The normalized spacial score (nSPS) is 20.2. The lowest BCUT2D eigenvalue weighted by atomic mass is 9.96. The van der Waals surface area contributed by atoms with Crippen LogP contribution in [0.3, 0.4) is 0 Å². The smallest absolute Gasteiger partial charge is 0.229 e. The molecule has 0 aromatic heterocycles. The van der Waals surface area contributed by atoms with Gasteiger partial charge in [-0.2, -0.15) is 0 Å². The van der Waals surface area contributed by atoms with Crippen LogP contribution < -0.4 is 9.64 Å². The van der Waals surface area contributed by atoms with Gasteiger partial charge in [0.15, 0.2) is 8.32 Å². The summed E-state index contributed by atoms with van der Waals surface area (Å²) in [5, 5.41) is 0.167. The van der Waals surface area contributed by atoms with Crippen molar-refractivity contribution in [3.05, 3.63) is 24.3 Å². The summed E-state index contributed by atoms with van der Waals surface area (Å²) in [6.45, 7) is 13.3. The predicted molar refractivity (Wildman–Crippen MR) is 96.6 cm³/mol. The van der Waals surface area contributed by atoms with Crippen molar-refractivity contribution < 1.29 is 14.0 Å². The van der Waals surface area contributed by atoms with Gasteiger partial charge < -0.3 is 14.1 Å². The molecule has 0 saturated carbocycles. The Balaban J connectivity index is 2.12. The fourth-order valence-electron chi connectivity index (χ4n) is 2.62. The van der Waals surface area contributed by atoms with E-state index in [2.05, 4.69) is 40.8 Å². The van der Waals surface area contributed by atoms with Crippen LogP contribution in [0, 0.1) is 0 Å². The summed E-state index contributed by atoms with van der Waals surface area (Å²) >= 11 is 0. The summed E-state index contributed by atoms with van der Waals surface area (Å²) in [6, 6.07) is 7.75. The largest absolute Gasteiger partial charge is 0.497 e. The third-order valence-corrected chi connectivity index (χ3v) is 9.74. The van der Waals surface area contributed by atoms with E-state index in [9.17, 15) is 4.79 Å². The molecule has 0 bridgehead atoms. The zero-order chi connectivity index (χ0) is 17.4. The molecule has 0 radical (unpaired) electrons. The van der Waals surface area contributed by atoms with Crippen molar-refractivity contribution in [1.82, 2.24) is 0 Å². The molecule has 2 atom stereocenters. The number of methoxy groups -OCH3 is 1. The Morgan fingerprint density at radius 3 is 2.22 bits per heavy atom. The van der Waals surface area contributed by atoms with Crippen LogP contribution in [0.4, 0.5) is 5.69 Å². The zero-order valence-corrected chi connectivity index (χ0v) is 16.3. The lowest BCUT2D eigenvalue weighted by molar-refractivity contribution is -0.125. The van der Waals surface area contributed by atoms with Crippen molar-refractivity contribution in [3.63, 3.8) is 0 Å². The summed E-state index contributed by atoms with van der Waals surface area (Å²) in [6.07, 6.45) is 0.595. The number of β-lactam (4-membered cyclic amide) rings is 1. The van der Waals surface area contributed by atoms with Gasteiger partial charge in [-0.25, -0.2) is 0 Å². The number of ether oxygens (including phenoxy) is 1. The van der Waals surface area contributed by atoms with E-state index >= 15 is 0 Å². The van der Waals surface area contributed by atoms with Crippen molar-refractivity contribution in [2.75, 3.05) is 12.0 Å². The highest BCUT2D eigenvalue weighted by atomic mass is 28.4. The Morgan fingerprint density at radius 1 is 1.22 bits per heavy atom. The van der Waals surface area contributed by atoms with Gasteiger partial charge in [-0.05, 0) is 49.3 Å². The fourth-order valence-corrected chi connectivity index (χ4v) is 4.06. The second kappa shape index (κ2) is 6.28. The minimum Gasteiger partial charge on any atom is -0.497 e. The van der Waals surface area contributed by atoms with E-state index in [0.29, 0.717) is 6.42 Å². The topological polar surface area (TPSA) is 38.8 Å². The number of carbonyl (C=O) groups is 1. The first-order chi connectivity index (χ1) is 10.6. The fraction of sp³-hybridized carbons (Fsp3) is 0.611. The minimum atomic E-state index is -1.84. The highest BCUT2D eigenvalue weighted by Crippen LogP contribution is 2.39. The molecule has 0 N–H and O–H groups in total. The summed E-state index contributed by atoms with van der Waals surface area (Å²) in [5.41, 5.74) is 0.915. The van der Waals surface area contributed by atoms with Crippen molar-refractivity contribution >= 4 is 19.9 Å². The molecule has 1 heterocycles. The quantitative estimate of drug-likeness (QED) is 0.597. The van der Waals surface area contributed by atoms with Gasteiger partial charge in [0.1, 0.15) is 5.75 Å². The Labute approximate surface area is 140 Å². The van der Waals surface area contributed by atoms with Gasteiger partial charge in [-0.15, -0.1) is 0 Å². The van der Waals surface area contributed by atoms with Crippen LogP contribution in [0.15, 0.2) is 24.3 Å².